The molecule has 0 aliphatic heterocycles. The first-order valence-corrected chi connectivity index (χ1v) is 9.54. The maximum Gasteiger partial charge on any atom is 0.273 e. The molecule has 140 valence electrons. The lowest BCUT2D eigenvalue weighted by molar-refractivity contribution is -0.385. The predicted molar refractivity (Wildman–Crippen MR) is 100 cm³/mol. The van der Waals surface area contributed by atoms with Gasteiger partial charge in [0.1, 0.15) is 0 Å². The Morgan fingerprint density at radius 3 is 2.52 bits per heavy atom. The average molecular weight is 386 g/mol. The van der Waals surface area contributed by atoms with Crippen molar-refractivity contribution < 1.29 is 13.3 Å². The lowest BCUT2D eigenvalue weighted by Crippen LogP contribution is -2.27. The number of aromatic nitrogens is 2. The van der Waals surface area contributed by atoms with Crippen molar-refractivity contribution in [1.82, 2.24) is 14.1 Å². The molecule has 0 aliphatic carbocycles. The van der Waals surface area contributed by atoms with Gasteiger partial charge in [0, 0.05) is 37.0 Å². The molecule has 9 heteroatoms. The number of sulfonamides is 1. The van der Waals surface area contributed by atoms with Crippen molar-refractivity contribution in [3.8, 4) is 5.69 Å². The van der Waals surface area contributed by atoms with E-state index in [0.717, 1.165) is 9.99 Å². The molecule has 0 spiro atoms. The fourth-order valence-corrected chi connectivity index (χ4v) is 4.15. The molecule has 0 aliphatic rings. The minimum atomic E-state index is -3.89. The summed E-state index contributed by atoms with van der Waals surface area (Å²) in [5.41, 5.74) is 1.47. The van der Waals surface area contributed by atoms with Crippen molar-refractivity contribution in [2.45, 2.75) is 18.4 Å². The summed E-state index contributed by atoms with van der Waals surface area (Å²) in [6, 6.07) is 13.5. The quantitative estimate of drug-likeness (QED) is 0.479. The second-order valence-corrected chi connectivity index (χ2v) is 8.06. The molecule has 1 heterocycles. The first-order valence-electron chi connectivity index (χ1n) is 8.10. The van der Waals surface area contributed by atoms with E-state index in [9.17, 15) is 18.5 Å². The van der Waals surface area contributed by atoms with Crippen LogP contribution in [0.25, 0.3) is 5.69 Å². The van der Waals surface area contributed by atoms with E-state index in [1.165, 1.54) is 32.2 Å². The monoisotopic (exact) mass is 386 g/mol. The van der Waals surface area contributed by atoms with Crippen molar-refractivity contribution >= 4 is 15.7 Å². The number of benzene rings is 2. The van der Waals surface area contributed by atoms with Crippen molar-refractivity contribution in [3.63, 3.8) is 0 Å². The largest absolute Gasteiger partial charge is 0.273 e. The molecule has 0 amide bonds. The first-order chi connectivity index (χ1) is 12.8. The van der Waals surface area contributed by atoms with Gasteiger partial charge in [-0.1, -0.05) is 24.3 Å². The summed E-state index contributed by atoms with van der Waals surface area (Å²) in [7, 11) is -2.45. The lowest BCUT2D eigenvalue weighted by atomic mass is 10.2. The van der Waals surface area contributed by atoms with Crippen LogP contribution >= 0.6 is 0 Å². The Morgan fingerprint density at radius 2 is 1.85 bits per heavy atom. The Morgan fingerprint density at radius 1 is 1.15 bits per heavy atom. The molecular formula is C18H18N4O4S. The molecule has 8 nitrogen and oxygen atoms in total. The Kier molecular flexibility index (Phi) is 5.06. The van der Waals surface area contributed by atoms with Crippen LogP contribution in [-0.4, -0.2) is 34.5 Å². The summed E-state index contributed by atoms with van der Waals surface area (Å²) in [5, 5.41) is 15.3. The van der Waals surface area contributed by atoms with Gasteiger partial charge in [0.25, 0.3) is 5.69 Å². The van der Waals surface area contributed by atoms with Crippen LogP contribution in [0, 0.1) is 17.0 Å². The van der Waals surface area contributed by atoms with Gasteiger partial charge in [-0.05, 0) is 25.1 Å². The number of hydrogen-bond donors (Lipinski definition) is 0. The van der Waals surface area contributed by atoms with E-state index in [1.54, 1.807) is 17.1 Å². The third kappa shape index (κ3) is 3.74. The minimum Gasteiger partial charge on any atom is -0.258 e. The van der Waals surface area contributed by atoms with E-state index in [4.69, 9.17) is 0 Å². The Labute approximate surface area is 156 Å². The molecule has 0 saturated carbocycles. The van der Waals surface area contributed by atoms with Gasteiger partial charge in [0.2, 0.25) is 10.0 Å². The summed E-state index contributed by atoms with van der Waals surface area (Å²) in [6.45, 7) is 1.53. The molecule has 3 aromatic rings. The van der Waals surface area contributed by atoms with Crippen LogP contribution in [0.15, 0.2) is 65.8 Å². The van der Waals surface area contributed by atoms with Gasteiger partial charge in [-0.2, -0.15) is 9.40 Å². The molecule has 2 aromatic carbocycles. The lowest BCUT2D eigenvalue weighted by Gasteiger charge is -2.17. The summed E-state index contributed by atoms with van der Waals surface area (Å²) in [5.74, 6) is 0. The predicted octanol–water partition coefficient (Wildman–Crippen LogP) is 2.91. The number of hydrogen-bond acceptors (Lipinski definition) is 5. The van der Waals surface area contributed by atoms with Crippen LogP contribution in [0.3, 0.4) is 0 Å². The summed E-state index contributed by atoms with van der Waals surface area (Å²) < 4.78 is 28.6. The van der Waals surface area contributed by atoms with Gasteiger partial charge in [0.15, 0.2) is 0 Å². The third-order valence-corrected chi connectivity index (χ3v) is 6.15. The van der Waals surface area contributed by atoms with Crippen molar-refractivity contribution in [1.29, 1.82) is 0 Å². The highest BCUT2D eigenvalue weighted by molar-refractivity contribution is 7.89. The molecule has 0 fully saturated rings. The second-order valence-electron chi connectivity index (χ2n) is 6.05. The minimum absolute atomic E-state index is 0.0744. The number of nitro benzene ring substituents is 1. The average Bonchev–Trinajstić information content (AvgIpc) is 3.10. The van der Waals surface area contributed by atoms with Gasteiger partial charge in [-0.25, -0.2) is 13.1 Å². The van der Waals surface area contributed by atoms with Gasteiger partial charge in [-0.15, -0.1) is 0 Å². The second kappa shape index (κ2) is 7.29. The van der Waals surface area contributed by atoms with Crippen molar-refractivity contribution in [2.24, 2.45) is 0 Å². The fraction of sp³-hybridized carbons (Fsp3) is 0.167. The molecule has 0 atom stereocenters. The van der Waals surface area contributed by atoms with Gasteiger partial charge >= 0.3 is 0 Å². The Bertz CT molecular complexity index is 1080. The van der Waals surface area contributed by atoms with Crippen molar-refractivity contribution in [3.05, 3.63) is 82.2 Å². The highest BCUT2D eigenvalue weighted by Crippen LogP contribution is 2.27. The van der Waals surface area contributed by atoms with Crippen molar-refractivity contribution in [2.75, 3.05) is 7.05 Å². The zero-order valence-corrected chi connectivity index (χ0v) is 15.6. The molecule has 0 bridgehead atoms. The summed E-state index contributed by atoms with van der Waals surface area (Å²) >= 11 is 0. The number of rotatable bonds is 6. The van der Waals surface area contributed by atoms with Gasteiger partial charge in [0.05, 0.1) is 21.7 Å². The SMILES string of the molecule is Cc1c([N+](=O)[O-])cccc1S(=O)(=O)N(C)Cc1cnn(-c2ccccc2)c1. The van der Waals surface area contributed by atoms with Gasteiger partial charge in [-0.3, -0.25) is 10.1 Å². The number of nitro groups is 1. The molecule has 1 aromatic heterocycles. The van der Waals surface area contributed by atoms with Crippen LogP contribution in [0.2, 0.25) is 0 Å². The summed E-state index contributed by atoms with van der Waals surface area (Å²) in [4.78, 5) is 10.4. The van der Waals surface area contributed by atoms with E-state index < -0.39 is 14.9 Å². The highest BCUT2D eigenvalue weighted by atomic mass is 32.2. The Balaban J connectivity index is 1.86. The molecule has 27 heavy (non-hydrogen) atoms. The molecule has 0 unspecified atom stereocenters. The maximum absolute atomic E-state index is 12.9. The zero-order chi connectivity index (χ0) is 19.6. The number of nitrogens with zero attached hydrogens (tertiary/aromatic N) is 4. The van der Waals surface area contributed by atoms with E-state index in [2.05, 4.69) is 5.10 Å². The Hall–Kier alpha value is -3.04. The zero-order valence-electron chi connectivity index (χ0n) is 14.8. The topological polar surface area (TPSA) is 98.3 Å². The molecule has 0 N–H and O–H groups in total. The van der Waals surface area contributed by atoms with Crippen LogP contribution < -0.4 is 0 Å². The normalized spacial score (nSPS) is 11.7. The molecule has 0 saturated heterocycles. The van der Waals surface area contributed by atoms with Crippen LogP contribution in [0.4, 0.5) is 5.69 Å². The van der Waals surface area contributed by atoms with Crippen LogP contribution in [0.5, 0.6) is 0 Å². The fourth-order valence-electron chi connectivity index (χ4n) is 2.75. The van der Waals surface area contributed by atoms with Crippen LogP contribution in [0.1, 0.15) is 11.1 Å². The van der Waals surface area contributed by atoms with E-state index in [-0.39, 0.29) is 22.7 Å². The highest BCUT2D eigenvalue weighted by Gasteiger charge is 2.27. The maximum atomic E-state index is 12.9. The first kappa shape index (κ1) is 18.7. The van der Waals surface area contributed by atoms with E-state index in [1.807, 2.05) is 30.3 Å². The number of para-hydroxylation sites is 1. The van der Waals surface area contributed by atoms with E-state index >= 15 is 0 Å². The van der Waals surface area contributed by atoms with Gasteiger partial charge < -0.3 is 0 Å². The molecule has 0 radical (unpaired) electrons. The molecule has 3 rings (SSSR count). The smallest absolute Gasteiger partial charge is 0.258 e. The third-order valence-electron chi connectivity index (χ3n) is 4.20. The molecular weight excluding hydrogens is 368 g/mol. The standard InChI is InChI=1S/C18H18N4O4S/c1-14-17(22(23)24)9-6-10-18(14)27(25,26)20(2)12-15-11-19-21(13-15)16-7-4-3-5-8-16/h3-11,13H,12H2,1-2H3. The van der Waals surface area contributed by atoms with E-state index in [0.29, 0.717) is 5.56 Å². The van der Waals surface area contributed by atoms with Crippen LogP contribution in [-0.2, 0) is 16.6 Å². The summed E-state index contributed by atoms with van der Waals surface area (Å²) in [6.07, 6.45) is 3.35.